The molecule has 1 amide bonds. The predicted molar refractivity (Wildman–Crippen MR) is 112 cm³/mol. The Labute approximate surface area is 167 Å². The SMILES string of the molecule is CC(C)=CCC/C(C)=C/[C@H]1N(c2ccccc2)C(=O)CC12C[C@H](O)C=CC2=O. The maximum Gasteiger partial charge on any atom is 0.228 e. The first-order valence-electron chi connectivity index (χ1n) is 9.92. The summed E-state index contributed by atoms with van der Waals surface area (Å²) in [5.41, 5.74) is 2.31. The van der Waals surface area contributed by atoms with Crippen molar-refractivity contribution in [1.29, 1.82) is 0 Å². The molecule has 0 radical (unpaired) electrons. The van der Waals surface area contributed by atoms with E-state index < -0.39 is 11.5 Å². The lowest BCUT2D eigenvalue weighted by Crippen LogP contribution is -2.47. The van der Waals surface area contributed by atoms with Gasteiger partial charge < -0.3 is 10.0 Å². The van der Waals surface area contributed by atoms with Crippen LogP contribution >= 0.6 is 0 Å². The third-order valence-electron chi connectivity index (χ3n) is 5.68. The van der Waals surface area contributed by atoms with Crippen LogP contribution in [0.2, 0.25) is 0 Å². The van der Waals surface area contributed by atoms with Gasteiger partial charge in [0.25, 0.3) is 0 Å². The predicted octanol–water partition coefficient (Wildman–Crippen LogP) is 4.36. The monoisotopic (exact) mass is 379 g/mol. The molecule has 0 bridgehead atoms. The molecule has 3 atom stereocenters. The summed E-state index contributed by atoms with van der Waals surface area (Å²) in [4.78, 5) is 27.7. The number of aliphatic hydroxyl groups excluding tert-OH is 1. The number of amides is 1. The molecular weight excluding hydrogens is 350 g/mol. The number of para-hydroxylation sites is 1. The summed E-state index contributed by atoms with van der Waals surface area (Å²) in [5.74, 6) is -0.136. The standard InChI is InChI=1S/C24H29NO3/c1-17(2)8-7-9-18(3)14-21-24(15-20(26)12-13-22(24)27)16-23(28)25(21)19-10-5-4-6-11-19/h4-6,8,10-14,20-21,26H,7,9,15-16H2,1-3H3/b18-14+/t20-,21-,24?/m1/s1. The summed E-state index contributed by atoms with van der Waals surface area (Å²) in [6.45, 7) is 6.21. The lowest BCUT2D eigenvalue weighted by Gasteiger charge is -2.37. The van der Waals surface area contributed by atoms with Gasteiger partial charge in [-0.05, 0) is 58.2 Å². The van der Waals surface area contributed by atoms with Crippen molar-refractivity contribution in [3.8, 4) is 0 Å². The van der Waals surface area contributed by atoms with Crippen molar-refractivity contribution in [2.75, 3.05) is 4.90 Å². The molecule has 0 saturated carbocycles. The van der Waals surface area contributed by atoms with Crippen LogP contribution in [-0.2, 0) is 9.59 Å². The topological polar surface area (TPSA) is 57.6 Å². The molecule has 28 heavy (non-hydrogen) atoms. The van der Waals surface area contributed by atoms with Gasteiger partial charge in [0, 0.05) is 12.1 Å². The maximum absolute atomic E-state index is 13.0. The molecule has 1 aliphatic heterocycles. The summed E-state index contributed by atoms with van der Waals surface area (Å²) in [5, 5.41) is 10.3. The largest absolute Gasteiger partial charge is 0.389 e. The van der Waals surface area contributed by atoms with E-state index in [9.17, 15) is 14.7 Å². The molecule has 2 aliphatic rings. The number of benzene rings is 1. The molecule has 0 aromatic heterocycles. The van der Waals surface area contributed by atoms with Gasteiger partial charge in [0.2, 0.25) is 5.91 Å². The van der Waals surface area contributed by atoms with Gasteiger partial charge in [-0.3, -0.25) is 9.59 Å². The fourth-order valence-corrected chi connectivity index (χ4v) is 4.26. The molecule has 3 rings (SSSR count). The highest BCUT2D eigenvalue weighted by atomic mass is 16.3. The third-order valence-corrected chi connectivity index (χ3v) is 5.68. The first kappa shape index (κ1) is 20.3. The Morgan fingerprint density at radius 1 is 1.21 bits per heavy atom. The van der Waals surface area contributed by atoms with Gasteiger partial charge in [-0.1, -0.05) is 47.6 Å². The maximum atomic E-state index is 13.0. The fraction of sp³-hybridized carbons (Fsp3) is 0.417. The van der Waals surface area contributed by atoms with Crippen LogP contribution < -0.4 is 4.90 Å². The number of nitrogens with zero attached hydrogens (tertiary/aromatic N) is 1. The molecule has 1 aromatic rings. The highest BCUT2D eigenvalue weighted by molar-refractivity contribution is 6.08. The highest BCUT2D eigenvalue weighted by Gasteiger charge is 2.56. The number of anilines is 1. The average Bonchev–Trinajstić information content (AvgIpc) is 2.90. The zero-order chi connectivity index (χ0) is 20.3. The molecular formula is C24H29NO3. The van der Waals surface area contributed by atoms with Crippen molar-refractivity contribution < 1.29 is 14.7 Å². The fourth-order valence-electron chi connectivity index (χ4n) is 4.26. The molecule has 4 heteroatoms. The van der Waals surface area contributed by atoms with E-state index in [0.29, 0.717) is 0 Å². The lowest BCUT2D eigenvalue weighted by molar-refractivity contribution is -0.128. The Kier molecular flexibility index (Phi) is 5.99. The van der Waals surface area contributed by atoms with E-state index in [2.05, 4.69) is 32.9 Å². The van der Waals surface area contributed by atoms with Gasteiger partial charge in [0.05, 0.1) is 17.6 Å². The Balaban J connectivity index is 2.01. The zero-order valence-corrected chi connectivity index (χ0v) is 16.9. The van der Waals surface area contributed by atoms with Crippen LogP contribution in [0.3, 0.4) is 0 Å². The number of aliphatic hydroxyl groups is 1. The van der Waals surface area contributed by atoms with E-state index in [4.69, 9.17) is 0 Å². The van der Waals surface area contributed by atoms with Gasteiger partial charge in [0.1, 0.15) is 0 Å². The number of carbonyl (C=O) groups is 2. The van der Waals surface area contributed by atoms with Crippen molar-refractivity contribution in [3.05, 3.63) is 65.8 Å². The number of rotatable bonds is 5. The second-order valence-corrected chi connectivity index (χ2v) is 8.21. The van der Waals surface area contributed by atoms with E-state index in [0.717, 1.165) is 24.1 Å². The highest BCUT2D eigenvalue weighted by Crippen LogP contribution is 2.47. The number of hydrogen-bond acceptors (Lipinski definition) is 3. The van der Waals surface area contributed by atoms with Gasteiger partial charge >= 0.3 is 0 Å². The normalized spacial score (nSPS) is 27.6. The molecule has 148 valence electrons. The Bertz CT molecular complexity index is 833. The Morgan fingerprint density at radius 3 is 2.61 bits per heavy atom. The molecule has 4 nitrogen and oxygen atoms in total. The summed E-state index contributed by atoms with van der Waals surface area (Å²) >= 11 is 0. The quantitative estimate of drug-likeness (QED) is 0.773. The lowest BCUT2D eigenvalue weighted by atomic mass is 9.69. The van der Waals surface area contributed by atoms with Crippen molar-refractivity contribution in [2.45, 2.75) is 58.6 Å². The van der Waals surface area contributed by atoms with Crippen molar-refractivity contribution >= 4 is 17.4 Å². The average molecular weight is 380 g/mol. The van der Waals surface area contributed by atoms with Crippen LogP contribution in [0.1, 0.15) is 46.5 Å². The summed E-state index contributed by atoms with van der Waals surface area (Å²) in [6.07, 6.45) is 8.76. The Hall–Kier alpha value is -2.46. The van der Waals surface area contributed by atoms with Crippen LogP contribution in [0, 0.1) is 5.41 Å². The number of hydrogen-bond donors (Lipinski definition) is 1. The van der Waals surface area contributed by atoms with Crippen LogP contribution in [0.15, 0.2) is 65.8 Å². The number of allylic oxidation sites excluding steroid dienone is 4. The molecule has 1 spiro atoms. The first-order chi connectivity index (χ1) is 13.3. The van der Waals surface area contributed by atoms with Crippen LogP contribution in [0.4, 0.5) is 5.69 Å². The van der Waals surface area contributed by atoms with Gasteiger partial charge in [0.15, 0.2) is 5.78 Å². The van der Waals surface area contributed by atoms with Gasteiger partial charge in [-0.25, -0.2) is 0 Å². The number of carbonyl (C=O) groups excluding carboxylic acids is 2. The van der Waals surface area contributed by atoms with E-state index >= 15 is 0 Å². The number of ketones is 1. The summed E-state index contributed by atoms with van der Waals surface area (Å²) < 4.78 is 0. The van der Waals surface area contributed by atoms with Crippen LogP contribution in [0.25, 0.3) is 0 Å². The minimum atomic E-state index is -0.904. The van der Waals surface area contributed by atoms with Gasteiger partial charge in [-0.2, -0.15) is 0 Å². The van der Waals surface area contributed by atoms with E-state index in [1.54, 1.807) is 4.90 Å². The van der Waals surface area contributed by atoms with Crippen molar-refractivity contribution in [2.24, 2.45) is 5.41 Å². The van der Waals surface area contributed by atoms with E-state index in [1.807, 2.05) is 30.3 Å². The zero-order valence-electron chi connectivity index (χ0n) is 16.9. The van der Waals surface area contributed by atoms with E-state index in [-0.39, 0.29) is 30.6 Å². The van der Waals surface area contributed by atoms with Gasteiger partial charge in [-0.15, -0.1) is 0 Å². The van der Waals surface area contributed by atoms with Crippen molar-refractivity contribution in [3.63, 3.8) is 0 Å². The Morgan fingerprint density at radius 2 is 1.93 bits per heavy atom. The first-order valence-corrected chi connectivity index (χ1v) is 9.92. The molecule has 1 heterocycles. The molecule has 1 fully saturated rings. The molecule has 1 unspecified atom stereocenters. The smallest absolute Gasteiger partial charge is 0.228 e. The minimum absolute atomic E-state index is 0.0667. The molecule has 1 N–H and O–H groups in total. The second-order valence-electron chi connectivity index (χ2n) is 8.21. The molecule has 1 aliphatic carbocycles. The van der Waals surface area contributed by atoms with Crippen molar-refractivity contribution in [1.82, 2.24) is 0 Å². The summed E-state index contributed by atoms with van der Waals surface area (Å²) in [6, 6.07) is 9.11. The summed E-state index contributed by atoms with van der Waals surface area (Å²) in [7, 11) is 0. The van der Waals surface area contributed by atoms with E-state index in [1.165, 1.54) is 17.7 Å². The third kappa shape index (κ3) is 4.02. The molecule has 1 aromatic carbocycles. The molecule has 1 saturated heterocycles. The second kappa shape index (κ2) is 8.27. The minimum Gasteiger partial charge on any atom is -0.389 e. The van der Waals surface area contributed by atoms with Crippen LogP contribution in [0.5, 0.6) is 0 Å². The van der Waals surface area contributed by atoms with Crippen LogP contribution in [-0.4, -0.2) is 28.9 Å².